The summed E-state index contributed by atoms with van der Waals surface area (Å²) in [5, 5.41) is 9.12. The normalized spacial score (nSPS) is 11.5. The Kier molecular flexibility index (Phi) is 5.64. The highest BCUT2D eigenvalue weighted by molar-refractivity contribution is 5.95. The molecule has 184 valence electrons. The Hall–Kier alpha value is -4.58. The van der Waals surface area contributed by atoms with Crippen LogP contribution in [0.5, 0.6) is 11.5 Å². The van der Waals surface area contributed by atoms with Gasteiger partial charge in [-0.2, -0.15) is 0 Å². The third-order valence-electron chi connectivity index (χ3n) is 6.87. The molecule has 0 aliphatic carbocycles. The molecule has 2 aromatic heterocycles. The highest BCUT2D eigenvalue weighted by atomic mass is 16.6. The maximum atomic E-state index is 5.56. The van der Waals surface area contributed by atoms with Crippen LogP contribution < -0.4 is 9.47 Å². The van der Waals surface area contributed by atoms with E-state index in [1.54, 1.807) is 14.2 Å². The number of methoxy groups -OCH3 is 2. The number of nitrogens with one attached hydrogen (secondary N) is 1. The fraction of sp³-hybridized carbons (Fsp3) is 0.161. The number of aromatic nitrogens is 3. The molecule has 37 heavy (non-hydrogen) atoms. The van der Waals surface area contributed by atoms with Gasteiger partial charge in [-0.05, 0) is 92.6 Å². The zero-order valence-corrected chi connectivity index (χ0v) is 21.2. The van der Waals surface area contributed by atoms with Crippen LogP contribution in [0.2, 0.25) is 0 Å². The summed E-state index contributed by atoms with van der Waals surface area (Å²) in [4.78, 5) is 3.66. The molecule has 2 heterocycles. The van der Waals surface area contributed by atoms with Gasteiger partial charge < -0.3 is 14.5 Å². The summed E-state index contributed by atoms with van der Waals surface area (Å²) in [6.45, 7) is 4.46. The summed E-state index contributed by atoms with van der Waals surface area (Å²) in [6.07, 6.45) is 0. The van der Waals surface area contributed by atoms with Crippen LogP contribution in [0, 0.1) is 0 Å². The van der Waals surface area contributed by atoms with E-state index in [1.807, 2.05) is 30.3 Å². The van der Waals surface area contributed by atoms with E-state index in [2.05, 4.69) is 77.7 Å². The molecule has 6 rings (SSSR count). The van der Waals surface area contributed by atoms with Crippen LogP contribution in [0.15, 0.2) is 83.5 Å². The number of hydrogen-bond donors (Lipinski definition) is 1. The third kappa shape index (κ3) is 4.00. The summed E-state index contributed by atoms with van der Waals surface area (Å²) in [5.41, 5.74) is 10.6. The average Bonchev–Trinajstić information content (AvgIpc) is 3.56. The van der Waals surface area contributed by atoms with Gasteiger partial charge in [-0.25, -0.2) is 4.63 Å². The Morgan fingerprint density at radius 2 is 1.35 bits per heavy atom. The molecule has 0 spiro atoms. The maximum Gasteiger partial charge on any atom is 0.161 e. The second kappa shape index (κ2) is 9.13. The van der Waals surface area contributed by atoms with Gasteiger partial charge in [-0.1, -0.05) is 44.2 Å². The molecular formula is C31H27N3O3. The van der Waals surface area contributed by atoms with Crippen molar-refractivity contribution in [2.75, 3.05) is 14.2 Å². The van der Waals surface area contributed by atoms with E-state index in [1.165, 1.54) is 16.5 Å². The molecule has 0 radical (unpaired) electrons. The minimum atomic E-state index is 0.321. The first-order valence-corrected chi connectivity index (χ1v) is 12.3. The maximum absolute atomic E-state index is 5.56. The van der Waals surface area contributed by atoms with Crippen molar-refractivity contribution < 1.29 is 14.1 Å². The lowest BCUT2D eigenvalue weighted by atomic mass is 9.93. The van der Waals surface area contributed by atoms with E-state index in [0.29, 0.717) is 11.7 Å². The number of benzene rings is 4. The highest BCUT2D eigenvalue weighted by Crippen LogP contribution is 2.40. The summed E-state index contributed by atoms with van der Waals surface area (Å²) in [6, 6.07) is 27.2. The SMILES string of the molecule is COc1ccc(-c2[nH]c3ccc(-c4cccc(-c5ccc6nonc6c5)c4)cc3c2C(C)C)cc1OC. The van der Waals surface area contributed by atoms with Crippen molar-refractivity contribution in [3.05, 3.63) is 84.4 Å². The summed E-state index contributed by atoms with van der Waals surface area (Å²) >= 11 is 0. The molecular weight excluding hydrogens is 462 g/mol. The molecule has 4 aromatic carbocycles. The van der Waals surface area contributed by atoms with E-state index in [-0.39, 0.29) is 0 Å². The van der Waals surface area contributed by atoms with E-state index in [4.69, 9.17) is 14.1 Å². The Morgan fingerprint density at radius 1 is 0.676 bits per heavy atom. The van der Waals surface area contributed by atoms with Crippen molar-refractivity contribution in [1.29, 1.82) is 0 Å². The summed E-state index contributed by atoms with van der Waals surface area (Å²) in [7, 11) is 3.32. The fourth-order valence-corrected chi connectivity index (χ4v) is 5.05. The molecule has 0 saturated carbocycles. The zero-order valence-electron chi connectivity index (χ0n) is 21.2. The second-order valence-electron chi connectivity index (χ2n) is 9.45. The zero-order chi connectivity index (χ0) is 25.5. The van der Waals surface area contributed by atoms with E-state index in [9.17, 15) is 0 Å². The quantitative estimate of drug-likeness (QED) is 0.258. The van der Waals surface area contributed by atoms with Gasteiger partial charge in [0.05, 0.1) is 19.9 Å². The minimum absolute atomic E-state index is 0.321. The molecule has 1 N–H and O–H groups in total. The van der Waals surface area contributed by atoms with Crippen LogP contribution in [0.3, 0.4) is 0 Å². The van der Waals surface area contributed by atoms with Crippen molar-refractivity contribution in [2.24, 2.45) is 0 Å². The second-order valence-corrected chi connectivity index (χ2v) is 9.45. The molecule has 0 amide bonds. The lowest BCUT2D eigenvalue weighted by Crippen LogP contribution is -1.93. The van der Waals surface area contributed by atoms with Gasteiger partial charge in [0.1, 0.15) is 11.0 Å². The molecule has 6 nitrogen and oxygen atoms in total. The van der Waals surface area contributed by atoms with Gasteiger partial charge in [0.25, 0.3) is 0 Å². The van der Waals surface area contributed by atoms with Crippen molar-refractivity contribution in [1.82, 2.24) is 15.3 Å². The van der Waals surface area contributed by atoms with Crippen LogP contribution in [0.4, 0.5) is 0 Å². The Morgan fingerprint density at radius 3 is 2.11 bits per heavy atom. The molecule has 6 aromatic rings. The first kappa shape index (κ1) is 22.9. The summed E-state index contributed by atoms with van der Waals surface area (Å²) in [5.74, 6) is 1.75. The largest absolute Gasteiger partial charge is 0.493 e. The fourth-order valence-electron chi connectivity index (χ4n) is 5.05. The number of H-pyrrole nitrogens is 1. The monoisotopic (exact) mass is 489 g/mol. The van der Waals surface area contributed by atoms with Gasteiger partial charge >= 0.3 is 0 Å². The van der Waals surface area contributed by atoms with Gasteiger partial charge in [-0.15, -0.1) is 0 Å². The Labute approximate surface area is 214 Å². The number of ether oxygens (including phenoxy) is 2. The molecule has 0 fully saturated rings. The molecule has 0 unspecified atom stereocenters. The first-order chi connectivity index (χ1) is 18.1. The minimum Gasteiger partial charge on any atom is -0.493 e. The van der Waals surface area contributed by atoms with Gasteiger partial charge in [0, 0.05) is 16.5 Å². The van der Waals surface area contributed by atoms with Crippen LogP contribution in [-0.4, -0.2) is 29.5 Å². The van der Waals surface area contributed by atoms with E-state index >= 15 is 0 Å². The van der Waals surface area contributed by atoms with Crippen molar-refractivity contribution in [3.8, 4) is 45.0 Å². The third-order valence-corrected chi connectivity index (χ3v) is 6.87. The molecule has 0 aliphatic rings. The average molecular weight is 490 g/mol. The predicted octanol–water partition coefficient (Wildman–Crippen LogP) is 7.85. The van der Waals surface area contributed by atoms with E-state index in [0.717, 1.165) is 50.2 Å². The highest BCUT2D eigenvalue weighted by Gasteiger charge is 2.18. The number of hydrogen-bond acceptors (Lipinski definition) is 5. The van der Waals surface area contributed by atoms with Crippen molar-refractivity contribution in [2.45, 2.75) is 19.8 Å². The number of nitrogens with zero attached hydrogens (tertiary/aromatic N) is 2. The van der Waals surface area contributed by atoms with Gasteiger partial charge in [0.15, 0.2) is 11.5 Å². The van der Waals surface area contributed by atoms with Crippen LogP contribution in [-0.2, 0) is 0 Å². The van der Waals surface area contributed by atoms with Crippen LogP contribution in [0.25, 0.3) is 55.4 Å². The van der Waals surface area contributed by atoms with Gasteiger partial charge in [0.2, 0.25) is 0 Å². The topological polar surface area (TPSA) is 73.2 Å². The first-order valence-electron chi connectivity index (χ1n) is 12.3. The van der Waals surface area contributed by atoms with Crippen molar-refractivity contribution >= 4 is 21.9 Å². The molecule has 6 heteroatoms. The van der Waals surface area contributed by atoms with Crippen LogP contribution in [0.1, 0.15) is 25.3 Å². The standard InChI is InChI=1S/C31H27N3O3/c1-18(2)30-24-15-21(8-11-25(24)32-31(30)23-10-13-28(35-3)29(17-23)36-4)19-6-5-7-20(14-19)22-9-12-26-27(16-22)34-37-33-26/h5-18,32H,1-4H3. The molecule has 0 aliphatic heterocycles. The van der Waals surface area contributed by atoms with Gasteiger partial charge in [-0.3, -0.25) is 0 Å². The van der Waals surface area contributed by atoms with Crippen molar-refractivity contribution in [3.63, 3.8) is 0 Å². The lowest BCUT2D eigenvalue weighted by molar-refractivity contribution is 0.315. The number of rotatable bonds is 6. The van der Waals surface area contributed by atoms with Crippen LogP contribution >= 0.6 is 0 Å². The summed E-state index contributed by atoms with van der Waals surface area (Å²) < 4.78 is 15.9. The Balaban J connectivity index is 1.45. The number of fused-ring (bicyclic) bond motifs is 2. The molecule has 0 bridgehead atoms. The smallest absolute Gasteiger partial charge is 0.161 e. The van der Waals surface area contributed by atoms with E-state index < -0.39 is 0 Å². The molecule has 0 saturated heterocycles. The lowest BCUT2D eigenvalue weighted by Gasteiger charge is -2.12. The predicted molar refractivity (Wildman–Crippen MR) is 147 cm³/mol. The molecule has 0 atom stereocenters. The number of aromatic amines is 1. The Bertz CT molecular complexity index is 1750.